The topological polar surface area (TPSA) is 138 Å². The van der Waals surface area contributed by atoms with Gasteiger partial charge in [0.1, 0.15) is 18.7 Å². The standard InChI is InChI=1S/C19H14FN7O3/c20-12-2-1-3-14(8-12)27-18-16(24-25-27)19(30)26(10-22-18)9-15(28)23-13-6-4-11(5-7-13)17(21)29/h1-8,10H,9H2,(H2,21,29)(H,23,28). The van der Waals surface area contributed by atoms with E-state index in [9.17, 15) is 18.8 Å². The number of halogens is 1. The summed E-state index contributed by atoms with van der Waals surface area (Å²) < 4.78 is 15.8. The quantitative estimate of drug-likeness (QED) is 0.503. The first-order valence-corrected chi connectivity index (χ1v) is 8.69. The Hall–Kier alpha value is -4.41. The number of benzene rings is 2. The number of anilines is 1. The van der Waals surface area contributed by atoms with Crippen LogP contribution in [0.5, 0.6) is 0 Å². The van der Waals surface area contributed by atoms with Crippen molar-refractivity contribution in [1.29, 1.82) is 0 Å². The fourth-order valence-corrected chi connectivity index (χ4v) is 2.81. The number of carbonyl (C=O) groups excluding carboxylic acids is 2. The molecule has 2 amide bonds. The zero-order valence-electron chi connectivity index (χ0n) is 15.3. The van der Waals surface area contributed by atoms with E-state index >= 15 is 0 Å². The Kier molecular flexibility index (Phi) is 4.76. The number of primary amides is 1. The molecular weight excluding hydrogens is 393 g/mol. The van der Waals surface area contributed by atoms with Gasteiger partial charge in [-0.05, 0) is 42.5 Å². The third-order valence-corrected chi connectivity index (χ3v) is 4.25. The van der Waals surface area contributed by atoms with Crippen LogP contribution in [0.2, 0.25) is 0 Å². The number of hydrogen-bond donors (Lipinski definition) is 2. The van der Waals surface area contributed by atoms with Crippen LogP contribution in [0.15, 0.2) is 59.7 Å². The lowest BCUT2D eigenvalue weighted by molar-refractivity contribution is -0.116. The van der Waals surface area contributed by atoms with Crippen LogP contribution in [0, 0.1) is 5.82 Å². The molecule has 0 radical (unpaired) electrons. The Morgan fingerprint density at radius 1 is 1.13 bits per heavy atom. The van der Waals surface area contributed by atoms with Crippen LogP contribution < -0.4 is 16.6 Å². The summed E-state index contributed by atoms with van der Waals surface area (Å²) in [6.45, 7) is -0.313. The summed E-state index contributed by atoms with van der Waals surface area (Å²) in [5.74, 6) is -1.53. The second-order valence-electron chi connectivity index (χ2n) is 6.32. The molecule has 0 aliphatic heterocycles. The largest absolute Gasteiger partial charge is 0.366 e. The van der Waals surface area contributed by atoms with E-state index in [4.69, 9.17) is 5.73 Å². The maximum atomic E-state index is 13.5. The molecule has 4 aromatic rings. The van der Waals surface area contributed by atoms with Crippen molar-refractivity contribution in [1.82, 2.24) is 24.5 Å². The molecule has 3 N–H and O–H groups in total. The Morgan fingerprint density at radius 3 is 2.60 bits per heavy atom. The predicted octanol–water partition coefficient (Wildman–Crippen LogP) is 0.854. The fourth-order valence-electron chi connectivity index (χ4n) is 2.81. The highest BCUT2D eigenvalue weighted by Gasteiger charge is 2.15. The van der Waals surface area contributed by atoms with Crippen molar-refractivity contribution in [3.8, 4) is 5.69 Å². The average molecular weight is 407 g/mol. The van der Waals surface area contributed by atoms with Gasteiger partial charge in [-0.15, -0.1) is 5.10 Å². The molecule has 0 fully saturated rings. The summed E-state index contributed by atoms with van der Waals surface area (Å²) in [6, 6.07) is 11.6. The van der Waals surface area contributed by atoms with Crippen LogP contribution in [0.25, 0.3) is 16.9 Å². The molecule has 0 spiro atoms. The molecule has 30 heavy (non-hydrogen) atoms. The molecule has 0 aliphatic rings. The molecule has 0 bridgehead atoms. The highest BCUT2D eigenvalue weighted by atomic mass is 19.1. The summed E-state index contributed by atoms with van der Waals surface area (Å²) in [6.07, 6.45) is 1.19. The minimum atomic E-state index is -0.579. The minimum absolute atomic E-state index is 0.0552. The highest BCUT2D eigenvalue weighted by molar-refractivity contribution is 5.94. The van der Waals surface area contributed by atoms with Crippen molar-refractivity contribution in [2.75, 3.05) is 5.32 Å². The van der Waals surface area contributed by atoms with Crippen LogP contribution in [-0.2, 0) is 11.3 Å². The molecule has 11 heteroatoms. The summed E-state index contributed by atoms with van der Waals surface area (Å²) in [5, 5.41) is 10.3. The van der Waals surface area contributed by atoms with Crippen LogP contribution >= 0.6 is 0 Å². The van der Waals surface area contributed by atoms with Crippen molar-refractivity contribution in [2.45, 2.75) is 6.54 Å². The van der Waals surface area contributed by atoms with Gasteiger partial charge in [0, 0.05) is 11.3 Å². The van der Waals surface area contributed by atoms with Gasteiger partial charge in [-0.25, -0.2) is 9.37 Å². The molecule has 4 rings (SSSR count). The highest BCUT2D eigenvalue weighted by Crippen LogP contribution is 2.13. The number of rotatable bonds is 5. The van der Waals surface area contributed by atoms with Crippen molar-refractivity contribution in [3.63, 3.8) is 0 Å². The van der Waals surface area contributed by atoms with E-state index in [-0.39, 0.29) is 17.7 Å². The SMILES string of the molecule is NC(=O)c1ccc(NC(=O)Cn2cnc3c(nnn3-c3cccc(F)c3)c2=O)cc1. The molecule has 0 aliphatic carbocycles. The summed E-state index contributed by atoms with van der Waals surface area (Å²) in [7, 11) is 0. The maximum absolute atomic E-state index is 13.5. The van der Waals surface area contributed by atoms with E-state index in [2.05, 4.69) is 20.6 Å². The van der Waals surface area contributed by atoms with Gasteiger partial charge < -0.3 is 11.1 Å². The van der Waals surface area contributed by atoms with Crippen molar-refractivity contribution in [3.05, 3.63) is 76.6 Å². The van der Waals surface area contributed by atoms with Crippen LogP contribution in [0.1, 0.15) is 10.4 Å². The summed E-state index contributed by atoms with van der Waals surface area (Å²) in [5.41, 5.74) is 5.79. The van der Waals surface area contributed by atoms with Gasteiger partial charge in [-0.1, -0.05) is 11.3 Å². The minimum Gasteiger partial charge on any atom is -0.366 e. The number of aromatic nitrogens is 5. The third-order valence-electron chi connectivity index (χ3n) is 4.25. The Bertz CT molecular complexity index is 1330. The first-order chi connectivity index (χ1) is 14.4. The molecule has 10 nitrogen and oxygen atoms in total. The lowest BCUT2D eigenvalue weighted by Gasteiger charge is -2.07. The van der Waals surface area contributed by atoms with E-state index < -0.39 is 23.2 Å². The molecule has 150 valence electrons. The number of fused-ring (bicyclic) bond motifs is 1. The average Bonchev–Trinajstić information content (AvgIpc) is 3.15. The lowest BCUT2D eigenvalue weighted by Crippen LogP contribution is -2.28. The molecule has 2 aromatic heterocycles. The Morgan fingerprint density at radius 2 is 1.90 bits per heavy atom. The maximum Gasteiger partial charge on any atom is 0.284 e. The van der Waals surface area contributed by atoms with Crippen molar-refractivity contribution < 1.29 is 14.0 Å². The number of nitrogens with zero attached hydrogens (tertiary/aromatic N) is 5. The van der Waals surface area contributed by atoms with E-state index in [0.29, 0.717) is 16.9 Å². The second-order valence-corrected chi connectivity index (χ2v) is 6.32. The van der Waals surface area contributed by atoms with Gasteiger partial charge in [0.25, 0.3) is 5.56 Å². The van der Waals surface area contributed by atoms with Crippen LogP contribution in [0.4, 0.5) is 10.1 Å². The first-order valence-electron chi connectivity index (χ1n) is 8.69. The monoisotopic (exact) mass is 407 g/mol. The van der Waals surface area contributed by atoms with Gasteiger partial charge >= 0.3 is 0 Å². The van der Waals surface area contributed by atoms with Gasteiger partial charge in [-0.3, -0.25) is 19.0 Å². The van der Waals surface area contributed by atoms with E-state index in [1.807, 2.05) is 0 Å². The number of nitrogens with one attached hydrogen (secondary N) is 1. The first kappa shape index (κ1) is 18.9. The number of carbonyl (C=O) groups is 2. The molecule has 0 atom stereocenters. The van der Waals surface area contributed by atoms with Gasteiger partial charge in [0.2, 0.25) is 11.8 Å². The zero-order valence-corrected chi connectivity index (χ0v) is 15.3. The normalized spacial score (nSPS) is 10.8. The number of nitrogens with two attached hydrogens (primary N) is 1. The summed E-state index contributed by atoms with van der Waals surface area (Å²) in [4.78, 5) is 40.2. The molecule has 0 saturated heterocycles. The molecule has 0 unspecified atom stereocenters. The fraction of sp³-hybridized carbons (Fsp3) is 0.0526. The predicted molar refractivity (Wildman–Crippen MR) is 104 cm³/mol. The summed E-state index contributed by atoms with van der Waals surface area (Å²) >= 11 is 0. The van der Waals surface area contributed by atoms with Crippen molar-refractivity contribution >= 4 is 28.7 Å². The van der Waals surface area contributed by atoms with Crippen molar-refractivity contribution in [2.24, 2.45) is 5.73 Å². The Labute approximate surface area is 167 Å². The third kappa shape index (κ3) is 3.63. The molecule has 0 saturated carbocycles. The smallest absolute Gasteiger partial charge is 0.284 e. The lowest BCUT2D eigenvalue weighted by atomic mass is 10.2. The van der Waals surface area contributed by atoms with Gasteiger partial charge in [-0.2, -0.15) is 4.68 Å². The van der Waals surface area contributed by atoms with E-state index in [1.54, 1.807) is 6.07 Å². The Balaban J connectivity index is 1.56. The molecular formula is C19H14FN7O3. The van der Waals surface area contributed by atoms with Crippen LogP contribution in [-0.4, -0.2) is 36.4 Å². The second kappa shape index (κ2) is 7.54. The van der Waals surface area contributed by atoms with Gasteiger partial charge in [0.05, 0.1) is 5.69 Å². The van der Waals surface area contributed by atoms with E-state index in [0.717, 1.165) is 4.57 Å². The molecule has 2 heterocycles. The zero-order chi connectivity index (χ0) is 21.3. The van der Waals surface area contributed by atoms with Gasteiger partial charge in [0.15, 0.2) is 11.2 Å². The number of amides is 2. The number of hydrogen-bond acceptors (Lipinski definition) is 6. The van der Waals surface area contributed by atoms with E-state index in [1.165, 1.54) is 53.5 Å². The molecule has 2 aromatic carbocycles. The van der Waals surface area contributed by atoms with Crippen LogP contribution in [0.3, 0.4) is 0 Å².